The van der Waals surface area contributed by atoms with Crippen LogP contribution in [0.25, 0.3) is 0 Å². The zero-order chi connectivity index (χ0) is 10.5. The highest BCUT2D eigenvalue weighted by Gasteiger charge is 2.15. The van der Waals surface area contributed by atoms with E-state index in [0.29, 0.717) is 0 Å². The van der Waals surface area contributed by atoms with Crippen molar-refractivity contribution >= 4 is 12.0 Å². The van der Waals surface area contributed by atoms with E-state index < -0.39 is 17.6 Å². The van der Waals surface area contributed by atoms with E-state index in [1.807, 2.05) is 0 Å². The van der Waals surface area contributed by atoms with Crippen LogP contribution >= 0.6 is 0 Å². The van der Waals surface area contributed by atoms with E-state index in [1.165, 1.54) is 0 Å². The number of nitrogens with zero attached hydrogens (tertiary/aromatic N) is 1. The second kappa shape index (κ2) is 4.74. The molecule has 0 aromatic rings. The highest BCUT2D eigenvalue weighted by Crippen LogP contribution is 2.07. The van der Waals surface area contributed by atoms with Gasteiger partial charge in [0, 0.05) is 0 Å². The molecule has 0 aliphatic carbocycles. The summed E-state index contributed by atoms with van der Waals surface area (Å²) in [6, 6.07) is -1.27. The minimum Gasteiger partial charge on any atom is -0.548 e. The Balaban J connectivity index is 4.13. The minimum absolute atomic E-state index is 0.179. The molecule has 1 unspecified atom stereocenters. The van der Waals surface area contributed by atoms with Crippen molar-refractivity contribution in [2.45, 2.75) is 32.4 Å². The number of carboxylic acids is 1. The molecule has 0 amide bonds. The van der Waals surface area contributed by atoms with Gasteiger partial charge in [-0.05, 0) is 20.8 Å². The van der Waals surface area contributed by atoms with Crippen LogP contribution in [0.4, 0.5) is 0 Å². The molecule has 5 nitrogen and oxygen atoms in total. The van der Waals surface area contributed by atoms with Crippen molar-refractivity contribution in [3.05, 3.63) is 0 Å². The van der Waals surface area contributed by atoms with Crippen LogP contribution in [0.15, 0.2) is 4.99 Å². The van der Waals surface area contributed by atoms with Gasteiger partial charge in [-0.3, -0.25) is 0 Å². The lowest BCUT2D eigenvalue weighted by molar-refractivity contribution is -0.308. The van der Waals surface area contributed by atoms with E-state index in [9.17, 15) is 14.7 Å². The molecule has 0 spiro atoms. The third-order valence-electron chi connectivity index (χ3n) is 1.15. The third-order valence-corrected chi connectivity index (χ3v) is 1.15. The number of hydrogen-bond donors (Lipinski definition) is 0. The molecular weight excluding hydrogens is 174 g/mol. The number of isocyanates is 1. The summed E-state index contributed by atoms with van der Waals surface area (Å²) in [7, 11) is 0. The zero-order valence-electron chi connectivity index (χ0n) is 7.86. The first kappa shape index (κ1) is 11.8. The van der Waals surface area contributed by atoms with Gasteiger partial charge in [-0.15, -0.1) is 0 Å². The topological polar surface area (TPSA) is 78.8 Å². The summed E-state index contributed by atoms with van der Waals surface area (Å²) in [5.41, 5.74) is -0.466. The van der Waals surface area contributed by atoms with Crippen molar-refractivity contribution < 1.29 is 19.4 Å². The quantitative estimate of drug-likeness (QED) is 0.427. The molecule has 0 saturated heterocycles. The molecule has 1 atom stereocenters. The van der Waals surface area contributed by atoms with E-state index in [1.54, 1.807) is 20.8 Å². The predicted molar refractivity (Wildman–Crippen MR) is 42.6 cm³/mol. The molecule has 0 fully saturated rings. The van der Waals surface area contributed by atoms with Crippen LogP contribution < -0.4 is 5.11 Å². The van der Waals surface area contributed by atoms with Gasteiger partial charge < -0.3 is 14.6 Å². The van der Waals surface area contributed by atoms with E-state index in [2.05, 4.69) is 4.99 Å². The maximum atomic E-state index is 10.3. The number of ether oxygens (including phenoxy) is 1. The molecule has 0 bridgehead atoms. The van der Waals surface area contributed by atoms with Crippen molar-refractivity contribution in [2.75, 3.05) is 6.61 Å². The Morgan fingerprint density at radius 1 is 1.62 bits per heavy atom. The van der Waals surface area contributed by atoms with Crippen molar-refractivity contribution in [2.24, 2.45) is 4.99 Å². The van der Waals surface area contributed by atoms with Gasteiger partial charge in [-0.1, -0.05) is 0 Å². The van der Waals surface area contributed by atoms with Crippen molar-refractivity contribution in [3.8, 4) is 0 Å². The Hall–Kier alpha value is -1.19. The van der Waals surface area contributed by atoms with Crippen molar-refractivity contribution in [1.29, 1.82) is 0 Å². The van der Waals surface area contributed by atoms with Crippen LogP contribution in [0.3, 0.4) is 0 Å². The highest BCUT2D eigenvalue weighted by atomic mass is 16.5. The molecule has 0 aliphatic heterocycles. The molecule has 0 aliphatic rings. The van der Waals surface area contributed by atoms with Crippen molar-refractivity contribution in [1.82, 2.24) is 0 Å². The lowest BCUT2D eigenvalue weighted by Gasteiger charge is -2.22. The zero-order valence-corrected chi connectivity index (χ0v) is 7.86. The summed E-state index contributed by atoms with van der Waals surface area (Å²) >= 11 is 0. The Morgan fingerprint density at radius 3 is 2.46 bits per heavy atom. The molecule has 74 valence electrons. The Labute approximate surface area is 76.4 Å². The lowest BCUT2D eigenvalue weighted by atomic mass is 10.2. The number of carbonyl (C=O) groups excluding carboxylic acids is 2. The Bertz CT molecular complexity index is 223. The number of carbonyl (C=O) groups is 1. The summed E-state index contributed by atoms with van der Waals surface area (Å²) < 4.78 is 5.11. The summed E-state index contributed by atoms with van der Waals surface area (Å²) in [5.74, 6) is -1.44. The molecule has 0 radical (unpaired) electrons. The standard InChI is InChI=1S/C8H13NO4/c1-8(2,3)13-4-6(7(11)12)9-5-10/h6H,4H2,1-3H3,(H,11,12)/p-1. The first-order valence-electron chi connectivity index (χ1n) is 3.78. The maximum Gasteiger partial charge on any atom is 0.235 e. The van der Waals surface area contributed by atoms with Gasteiger partial charge >= 0.3 is 0 Å². The molecule has 0 saturated carbocycles. The number of aliphatic imine (C=N–C) groups is 1. The number of hydrogen-bond acceptors (Lipinski definition) is 5. The monoisotopic (exact) mass is 186 g/mol. The average molecular weight is 186 g/mol. The van der Waals surface area contributed by atoms with Gasteiger partial charge in [0.25, 0.3) is 0 Å². The van der Waals surface area contributed by atoms with Crippen LogP contribution in [0.1, 0.15) is 20.8 Å². The van der Waals surface area contributed by atoms with Crippen LogP contribution in [-0.4, -0.2) is 30.3 Å². The fraction of sp³-hybridized carbons (Fsp3) is 0.750. The molecule has 0 rings (SSSR count). The second-order valence-corrected chi connectivity index (χ2v) is 3.48. The summed E-state index contributed by atoms with van der Waals surface area (Å²) in [6.45, 7) is 5.12. The van der Waals surface area contributed by atoms with E-state index in [-0.39, 0.29) is 6.61 Å². The molecule has 13 heavy (non-hydrogen) atoms. The van der Waals surface area contributed by atoms with Gasteiger partial charge in [-0.25, -0.2) is 4.79 Å². The Morgan fingerprint density at radius 2 is 2.15 bits per heavy atom. The number of aliphatic carboxylic acids is 1. The number of rotatable bonds is 4. The fourth-order valence-electron chi connectivity index (χ4n) is 0.551. The molecule has 0 heterocycles. The molecule has 0 aromatic heterocycles. The number of carboxylic acid groups (broad SMARTS) is 1. The van der Waals surface area contributed by atoms with Crippen LogP contribution in [0, 0.1) is 0 Å². The smallest absolute Gasteiger partial charge is 0.235 e. The van der Waals surface area contributed by atoms with E-state index in [0.717, 1.165) is 6.08 Å². The van der Waals surface area contributed by atoms with Crippen LogP contribution in [0.2, 0.25) is 0 Å². The average Bonchev–Trinajstić information content (AvgIpc) is 1.95. The lowest BCUT2D eigenvalue weighted by Crippen LogP contribution is -2.39. The molecule has 0 aromatic carbocycles. The highest BCUT2D eigenvalue weighted by molar-refractivity contribution is 5.72. The van der Waals surface area contributed by atoms with Crippen molar-refractivity contribution in [3.63, 3.8) is 0 Å². The predicted octanol–water partition coefficient (Wildman–Crippen LogP) is -0.744. The summed E-state index contributed by atoms with van der Waals surface area (Å²) in [5, 5.41) is 10.3. The van der Waals surface area contributed by atoms with Gasteiger partial charge in [0.05, 0.1) is 18.2 Å². The summed E-state index contributed by atoms with van der Waals surface area (Å²) in [6.07, 6.45) is 1.16. The largest absolute Gasteiger partial charge is 0.548 e. The maximum absolute atomic E-state index is 10.3. The van der Waals surface area contributed by atoms with Gasteiger partial charge in [0.2, 0.25) is 6.08 Å². The van der Waals surface area contributed by atoms with Gasteiger partial charge in [0.1, 0.15) is 6.04 Å². The van der Waals surface area contributed by atoms with Gasteiger partial charge in [0.15, 0.2) is 0 Å². The minimum atomic E-state index is -1.44. The third kappa shape index (κ3) is 6.02. The summed E-state index contributed by atoms with van der Waals surface area (Å²) in [4.78, 5) is 23.2. The SMILES string of the molecule is CC(C)(C)OCC(N=C=O)C(=O)[O-]. The fourth-order valence-corrected chi connectivity index (χ4v) is 0.551. The Kier molecular flexibility index (Phi) is 4.31. The van der Waals surface area contributed by atoms with Crippen LogP contribution in [-0.2, 0) is 14.3 Å². The van der Waals surface area contributed by atoms with E-state index in [4.69, 9.17) is 4.74 Å². The first-order chi connectivity index (χ1) is 5.87. The molecular formula is C8H12NO4-. The molecule has 0 N–H and O–H groups in total. The first-order valence-corrected chi connectivity index (χ1v) is 3.78. The normalized spacial score (nSPS) is 13.2. The second-order valence-electron chi connectivity index (χ2n) is 3.48. The van der Waals surface area contributed by atoms with E-state index >= 15 is 0 Å². The van der Waals surface area contributed by atoms with Gasteiger partial charge in [-0.2, -0.15) is 4.99 Å². The van der Waals surface area contributed by atoms with Crippen LogP contribution in [0.5, 0.6) is 0 Å². The molecule has 5 heteroatoms.